The molecule has 1 fully saturated rings. The molecule has 2 aliphatic rings. The van der Waals surface area contributed by atoms with E-state index < -0.39 is 5.91 Å². The highest BCUT2D eigenvalue weighted by Crippen LogP contribution is 2.51. The van der Waals surface area contributed by atoms with Crippen LogP contribution in [0, 0.1) is 0 Å². The van der Waals surface area contributed by atoms with Crippen LogP contribution in [-0.2, 0) is 24.1 Å². The third kappa shape index (κ3) is 3.22. The third-order valence-electron chi connectivity index (χ3n) is 6.29. The predicted octanol–water partition coefficient (Wildman–Crippen LogP) is 3.69. The SMILES string of the molecule is C[N+]1(C)C2CCC1c1c(sc(CC(=O)Cc3ccc(Cl)cc3)c1C(N)=O)C2. The summed E-state index contributed by atoms with van der Waals surface area (Å²) in [6.45, 7) is 0. The molecule has 142 valence electrons. The van der Waals surface area contributed by atoms with Gasteiger partial charge in [0, 0.05) is 52.4 Å². The summed E-state index contributed by atoms with van der Waals surface area (Å²) in [5.41, 5.74) is 8.46. The molecule has 0 radical (unpaired) electrons. The molecule has 1 saturated heterocycles. The van der Waals surface area contributed by atoms with Crippen molar-refractivity contribution in [3.8, 4) is 0 Å². The number of quaternary nitrogens is 1. The normalized spacial score (nSPS) is 22.5. The van der Waals surface area contributed by atoms with Crippen molar-refractivity contribution < 1.29 is 14.1 Å². The van der Waals surface area contributed by atoms with Gasteiger partial charge in [-0.05, 0) is 17.7 Å². The highest BCUT2D eigenvalue weighted by Gasteiger charge is 2.51. The molecule has 2 atom stereocenters. The monoisotopic (exact) mass is 403 g/mol. The molecule has 2 aromatic rings. The van der Waals surface area contributed by atoms with E-state index in [2.05, 4.69) is 14.1 Å². The Kier molecular flexibility index (Phi) is 4.65. The highest BCUT2D eigenvalue weighted by atomic mass is 35.5. The average Bonchev–Trinajstić information content (AvgIpc) is 2.99. The molecule has 2 N–H and O–H groups in total. The molecule has 1 amide bonds. The van der Waals surface area contributed by atoms with Gasteiger partial charge in [-0.25, -0.2) is 0 Å². The van der Waals surface area contributed by atoms with Gasteiger partial charge in [0.15, 0.2) is 0 Å². The fourth-order valence-electron chi connectivity index (χ4n) is 4.81. The number of halogens is 1. The van der Waals surface area contributed by atoms with Crippen LogP contribution >= 0.6 is 22.9 Å². The number of primary amides is 1. The molecular formula is C21H24ClN2O2S+. The zero-order chi connectivity index (χ0) is 19.3. The molecule has 2 aliphatic heterocycles. The van der Waals surface area contributed by atoms with Crippen LogP contribution in [0.2, 0.25) is 5.02 Å². The van der Waals surface area contributed by atoms with Crippen LogP contribution in [-0.4, -0.2) is 36.3 Å². The molecule has 1 aromatic heterocycles. The lowest BCUT2D eigenvalue weighted by atomic mass is 9.93. The van der Waals surface area contributed by atoms with Crippen molar-refractivity contribution in [1.29, 1.82) is 0 Å². The van der Waals surface area contributed by atoms with Crippen LogP contribution in [0.25, 0.3) is 0 Å². The predicted molar refractivity (Wildman–Crippen MR) is 108 cm³/mol. The minimum absolute atomic E-state index is 0.0947. The Labute approximate surface area is 168 Å². The van der Waals surface area contributed by atoms with Gasteiger partial charge in [0.05, 0.1) is 25.7 Å². The number of Topliss-reactive ketones (excluding diaryl/α,β-unsaturated/α-hetero) is 1. The lowest BCUT2D eigenvalue weighted by Crippen LogP contribution is -2.49. The number of likely N-dealkylation sites (N-methyl/N-ethyl adjacent to an activating group) is 1. The number of fused-ring (bicyclic) bond motifs is 4. The molecule has 2 bridgehead atoms. The van der Waals surface area contributed by atoms with E-state index in [0.29, 0.717) is 29.1 Å². The summed E-state index contributed by atoms with van der Waals surface area (Å²) in [7, 11) is 4.50. The van der Waals surface area contributed by atoms with E-state index in [4.69, 9.17) is 17.3 Å². The fraction of sp³-hybridized carbons (Fsp3) is 0.429. The topological polar surface area (TPSA) is 60.2 Å². The van der Waals surface area contributed by atoms with Gasteiger partial charge in [-0.1, -0.05) is 23.7 Å². The van der Waals surface area contributed by atoms with Crippen molar-refractivity contribution in [1.82, 2.24) is 0 Å². The van der Waals surface area contributed by atoms with E-state index in [0.717, 1.165) is 33.3 Å². The Morgan fingerprint density at radius 1 is 1.19 bits per heavy atom. The largest absolute Gasteiger partial charge is 0.366 e. The Morgan fingerprint density at radius 2 is 1.89 bits per heavy atom. The average molecular weight is 404 g/mol. The summed E-state index contributed by atoms with van der Waals surface area (Å²) < 4.78 is 0.919. The number of carbonyl (C=O) groups excluding carboxylic acids is 2. The highest BCUT2D eigenvalue weighted by molar-refractivity contribution is 7.12. The molecule has 27 heavy (non-hydrogen) atoms. The fourth-order valence-corrected chi connectivity index (χ4v) is 6.41. The summed E-state index contributed by atoms with van der Waals surface area (Å²) >= 11 is 7.54. The number of amides is 1. The molecule has 3 heterocycles. The second-order valence-electron chi connectivity index (χ2n) is 8.20. The maximum absolute atomic E-state index is 12.7. The first kappa shape index (κ1) is 18.7. The first-order valence-electron chi connectivity index (χ1n) is 9.31. The van der Waals surface area contributed by atoms with E-state index in [-0.39, 0.29) is 12.2 Å². The van der Waals surface area contributed by atoms with Crippen LogP contribution in [0.15, 0.2) is 24.3 Å². The van der Waals surface area contributed by atoms with Crippen molar-refractivity contribution in [2.75, 3.05) is 14.1 Å². The maximum atomic E-state index is 12.7. The minimum Gasteiger partial charge on any atom is -0.366 e. The van der Waals surface area contributed by atoms with Crippen molar-refractivity contribution in [3.05, 3.63) is 55.7 Å². The van der Waals surface area contributed by atoms with Crippen molar-refractivity contribution in [3.63, 3.8) is 0 Å². The number of rotatable bonds is 5. The van der Waals surface area contributed by atoms with E-state index in [9.17, 15) is 9.59 Å². The zero-order valence-corrected chi connectivity index (χ0v) is 17.2. The van der Waals surface area contributed by atoms with E-state index in [1.165, 1.54) is 11.3 Å². The van der Waals surface area contributed by atoms with Crippen LogP contribution < -0.4 is 5.73 Å². The molecule has 1 aromatic carbocycles. The number of hydrogen-bond acceptors (Lipinski definition) is 3. The molecule has 2 unspecified atom stereocenters. The molecule has 0 aliphatic carbocycles. The first-order chi connectivity index (χ1) is 12.8. The third-order valence-corrected chi connectivity index (χ3v) is 7.77. The Bertz CT molecular complexity index is 917. The molecule has 0 spiro atoms. The van der Waals surface area contributed by atoms with Crippen molar-refractivity contribution in [2.24, 2.45) is 5.73 Å². The van der Waals surface area contributed by atoms with E-state index in [1.54, 1.807) is 23.5 Å². The molecule has 4 nitrogen and oxygen atoms in total. The maximum Gasteiger partial charge on any atom is 0.250 e. The lowest BCUT2D eigenvalue weighted by molar-refractivity contribution is -0.932. The summed E-state index contributed by atoms with van der Waals surface area (Å²) in [6.07, 6.45) is 3.85. The van der Waals surface area contributed by atoms with Gasteiger partial charge in [0.25, 0.3) is 0 Å². The second kappa shape index (κ2) is 6.73. The van der Waals surface area contributed by atoms with Crippen LogP contribution in [0.5, 0.6) is 0 Å². The number of thiophene rings is 1. The summed E-state index contributed by atoms with van der Waals surface area (Å²) in [6, 6.07) is 8.23. The Hall–Kier alpha value is -1.69. The second-order valence-corrected chi connectivity index (χ2v) is 9.83. The number of nitrogens with zero attached hydrogens (tertiary/aromatic N) is 1. The Balaban J connectivity index is 1.63. The van der Waals surface area contributed by atoms with Gasteiger partial charge < -0.3 is 10.2 Å². The summed E-state index contributed by atoms with van der Waals surface area (Å²) in [5.74, 6) is -0.301. The smallest absolute Gasteiger partial charge is 0.250 e. The van der Waals surface area contributed by atoms with Gasteiger partial charge in [-0.15, -0.1) is 11.3 Å². The number of hydrogen-bond donors (Lipinski definition) is 1. The van der Waals surface area contributed by atoms with E-state index >= 15 is 0 Å². The molecule has 4 rings (SSSR count). The first-order valence-corrected chi connectivity index (χ1v) is 10.5. The van der Waals surface area contributed by atoms with Crippen LogP contribution in [0.1, 0.15) is 50.1 Å². The number of benzene rings is 1. The summed E-state index contributed by atoms with van der Waals surface area (Å²) in [4.78, 5) is 27.1. The zero-order valence-electron chi connectivity index (χ0n) is 15.6. The number of carbonyl (C=O) groups is 2. The van der Waals surface area contributed by atoms with Crippen LogP contribution in [0.3, 0.4) is 0 Å². The molecular weight excluding hydrogens is 380 g/mol. The van der Waals surface area contributed by atoms with Gasteiger partial charge in [-0.3, -0.25) is 9.59 Å². The van der Waals surface area contributed by atoms with Crippen molar-refractivity contribution >= 4 is 34.6 Å². The summed E-state index contributed by atoms with van der Waals surface area (Å²) in [5, 5.41) is 0.656. The van der Waals surface area contributed by atoms with Crippen LogP contribution in [0.4, 0.5) is 0 Å². The van der Waals surface area contributed by atoms with Gasteiger partial charge in [-0.2, -0.15) is 0 Å². The quantitative estimate of drug-likeness (QED) is 0.774. The lowest BCUT2D eigenvalue weighted by Gasteiger charge is -2.41. The number of ketones is 1. The van der Waals surface area contributed by atoms with Gasteiger partial charge in [0.1, 0.15) is 11.8 Å². The van der Waals surface area contributed by atoms with Crippen molar-refractivity contribution in [2.45, 2.75) is 44.2 Å². The molecule has 0 saturated carbocycles. The minimum atomic E-state index is -0.396. The molecule has 6 heteroatoms. The Morgan fingerprint density at radius 3 is 2.56 bits per heavy atom. The van der Waals surface area contributed by atoms with Gasteiger partial charge in [0.2, 0.25) is 5.91 Å². The standard InChI is InChI=1S/C21H23ClN2O2S/c1-24(2)14-7-8-16(24)19-17(10-14)27-18(20(19)21(23)26)11-15(25)9-12-3-5-13(22)6-4-12/h3-6,14,16H,7-11H2,1-2H3,(H-,23,26)/p+1. The number of nitrogens with two attached hydrogens (primary N) is 1. The van der Waals surface area contributed by atoms with Gasteiger partial charge >= 0.3 is 0 Å². The van der Waals surface area contributed by atoms with E-state index in [1.807, 2.05) is 12.1 Å².